The summed E-state index contributed by atoms with van der Waals surface area (Å²) >= 11 is 3.22. The van der Waals surface area contributed by atoms with Gasteiger partial charge in [-0.3, -0.25) is 4.79 Å². The highest BCUT2D eigenvalue weighted by Crippen LogP contribution is 2.18. The van der Waals surface area contributed by atoms with Gasteiger partial charge in [0.2, 0.25) is 10.0 Å². The largest absolute Gasteiger partial charge is 0.398 e. The van der Waals surface area contributed by atoms with Gasteiger partial charge in [0.1, 0.15) is 0 Å². The van der Waals surface area contributed by atoms with Crippen molar-refractivity contribution in [2.45, 2.75) is 0 Å². The molecule has 94 valence electrons. The minimum Gasteiger partial charge on any atom is -0.398 e. The monoisotopic (exact) mass is 321 g/mol. The molecule has 0 aromatic heterocycles. The Hall–Kier alpha value is -1.12. The summed E-state index contributed by atoms with van der Waals surface area (Å²) < 4.78 is 22.1. The zero-order chi connectivity index (χ0) is 13.1. The molecule has 0 aliphatic heterocycles. The van der Waals surface area contributed by atoms with E-state index in [0.717, 1.165) is 4.47 Å². The van der Waals surface area contributed by atoms with Gasteiger partial charge in [0.15, 0.2) is 0 Å². The Morgan fingerprint density at radius 3 is 2.59 bits per heavy atom. The van der Waals surface area contributed by atoms with E-state index >= 15 is 0 Å². The topological polar surface area (TPSA) is 115 Å². The Labute approximate surface area is 108 Å². The van der Waals surface area contributed by atoms with Crippen molar-refractivity contribution in [2.75, 3.05) is 18.0 Å². The molecule has 0 bridgehead atoms. The first-order valence-corrected chi connectivity index (χ1v) is 7.14. The number of benzene rings is 1. The lowest BCUT2D eigenvalue weighted by Gasteiger charge is -2.07. The summed E-state index contributed by atoms with van der Waals surface area (Å²) in [6, 6.07) is 4.81. The third kappa shape index (κ3) is 4.72. The number of sulfonamides is 1. The van der Waals surface area contributed by atoms with Crippen molar-refractivity contribution in [1.82, 2.24) is 5.32 Å². The van der Waals surface area contributed by atoms with Crippen molar-refractivity contribution in [3.05, 3.63) is 28.2 Å². The summed E-state index contributed by atoms with van der Waals surface area (Å²) in [7, 11) is -3.57. The van der Waals surface area contributed by atoms with Crippen LogP contribution in [0.4, 0.5) is 5.69 Å². The van der Waals surface area contributed by atoms with Gasteiger partial charge in [-0.2, -0.15) is 0 Å². The molecule has 0 radical (unpaired) electrons. The summed E-state index contributed by atoms with van der Waals surface area (Å²) in [5.74, 6) is -0.742. The summed E-state index contributed by atoms with van der Waals surface area (Å²) in [5.41, 5.74) is 6.25. The van der Waals surface area contributed by atoms with Gasteiger partial charge in [0.25, 0.3) is 5.91 Å². The Bertz CT molecular complexity index is 530. The van der Waals surface area contributed by atoms with Gasteiger partial charge in [-0.15, -0.1) is 0 Å². The van der Waals surface area contributed by atoms with Crippen LogP contribution in [-0.2, 0) is 10.0 Å². The minimum atomic E-state index is -3.57. The number of rotatable bonds is 4. The Balaban J connectivity index is 2.65. The highest BCUT2D eigenvalue weighted by molar-refractivity contribution is 9.10. The molecule has 6 nitrogen and oxygen atoms in total. The van der Waals surface area contributed by atoms with Crippen LogP contribution in [0.15, 0.2) is 22.7 Å². The molecule has 5 N–H and O–H groups in total. The van der Waals surface area contributed by atoms with E-state index in [4.69, 9.17) is 10.9 Å². The highest BCUT2D eigenvalue weighted by Gasteiger charge is 2.10. The molecule has 0 heterocycles. The molecule has 1 amide bonds. The number of nitrogens with two attached hydrogens (primary N) is 2. The van der Waals surface area contributed by atoms with E-state index in [1.54, 1.807) is 18.2 Å². The summed E-state index contributed by atoms with van der Waals surface area (Å²) in [6.07, 6.45) is 0. The molecular weight excluding hydrogens is 310 g/mol. The fourth-order valence-electron chi connectivity index (χ4n) is 1.14. The van der Waals surface area contributed by atoms with Gasteiger partial charge in [-0.05, 0) is 18.2 Å². The van der Waals surface area contributed by atoms with E-state index < -0.39 is 15.9 Å². The highest BCUT2D eigenvalue weighted by atomic mass is 79.9. The van der Waals surface area contributed by atoms with Gasteiger partial charge >= 0.3 is 0 Å². The molecule has 0 saturated carbocycles. The molecule has 0 spiro atoms. The molecule has 0 fully saturated rings. The van der Waals surface area contributed by atoms with Crippen LogP contribution in [-0.4, -0.2) is 26.6 Å². The summed E-state index contributed by atoms with van der Waals surface area (Å²) in [6.45, 7) is -0.0484. The van der Waals surface area contributed by atoms with Crippen molar-refractivity contribution in [2.24, 2.45) is 5.14 Å². The van der Waals surface area contributed by atoms with Crippen LogP contribution in [0.1, 0.15) is 10.4 Å². The molecule has 0 aliphatic rings. The van der Waals surface area contributed by atoms with Crippen LogP contribution in [0.25, 0.3) is 0 Å². The predicted molar refractivity (Wildman–Crippen MR) is 68.9 cm³/mol. The second-order valence-corrected chi connectivity index (χ2v) is 6.00. The van der Waals surface area contributed by atoms with Crippen molar-refractivity contribution < 1.29 is 13.2 Å². The lowest BCUT2D eigenvalue weighted by atomic mass is 10.2. The zero-order valence-corrected chi connectivity index (χ0v) is 11.2. The van der Waals surface area contributed by atoms with E-state index in [0.29, 0.717) is 11.3 Å². The van der Waals surface area contributed by atoms with Crippen LogP contribution in [0.2, 0.25) is 0 Å². The van der Waals surface area contributed by atoms with E-state index in [9.17, 15) is 13.2 Å². The lowest BCUT2D eigenvalue weighted by Crippen LogP contribution is -2.31. The molecule has 1 aromatic rings. The quantitative estimate of drug-likeness (QED) is 0.679. The average Bonchev–Trinajstić information content (AvgIpc) is 2.15. The van der Waals surface area contributed by atoms with Crippen LogP contribution >= 0.6 is 15.9 Å². The van der Waals surface area contributed by atoms with Gasteiger partial charge in [-0.25, -0.2) is 13.6 Å². The van der Waals surface area contributed by atoms with Crippen molar-refractivity contribution in [1.29, 1.82) is 0 Å². The van der Waals surface area contributed by atoms with Gasteiger partial charge in [-0.1, -0.05) is 15.9 Å². The predicted octanol–water partition coefficient (Wildman–Crippen LogP) is 0.0496. The molecule has 0 aliphatic carbocycles. The number of primary sulfonamides is 1. The molecule has 0 saturated heterocycles. The van der Waals surface area contributed by atoms with E-state index in [1.165, 1.54) is 0 Å². The third-order valence-electron chi connectivity index (χ3n) is 1.93. The van der Waals surface area contributed by atoms with Crippen molar-refractivity contribution in [3.63, 3.8) is 0 Å². The molecule has 17 heavy (non-hydrogen) atoms. The number of anilines is 1. The number of carbonyl (C=O) groups excluding carboxylic acids is 1. The number of carbonyl (C=O) groups is 1. The van der Waals surface area contributed by atoms with Crippen LogP contribution < -0.4 is 16.2 Å². The first kappa shape index (κ1) is 13.9. The van der Waals surface area contributed by atoms with E-state index in [2.05, 4.69) is 21.2 Å². The minimum absolute atomic E-state index is 0.0484. The third-order valence-corrected chi connectivity index (χ3v) is 3.20. The Kier molecular flexibility index (Phi) is 4.49. The van der Waals surface area contributed by atoms with Crippen LogP contribution in [0, 0.1) is 0 Å². The molecule has 8 heteroatoms. The number of nitrogen functional groups attached to an aromatic ring is 1. The molecule has 0 unspecified atom stereocenters. The molecular formula is C9H12BrN3O3S. The maximum atomic E-state index is 11.6. The summed E-state index contributed by atoms with van der Waals surface area (Å²) in [4.78, 5) is 11.6. The average molecular weight is 322 g/mol. The Morgan fingerprint density at radius 1 is 1.41 bits per heavy atom. The summed E-state index contributed by atoms with van der Waals surface area (Å²) in [5, 5.41) is 7.22. The lowest BCUT2D eigenvalue weighted by molar-refractivity contribution is 0.0957. The first-order valence-electron chi connectivity index (χ1n) is 4.63. The van der Waals surface area contributed by atoms with Gasteiger partial charge in [0.05, 0.1) is 11.3 Å². The maximum absolute atomic E-state index is 11.6. The number of hydrogen-bond acceptors (Lipinski definition) is 4. The van der Waals surface area contributed by atoms with Crippen molar-refractivity contribution >= 4 is 37.5 Å². The number of nitrogens with one attached hydrogen (secondary N) is 1. The number of amides is 1. The fraction of sp³-hybridized carbons (Fsp3) is 0.222. The van der Waals surface area contributed by atoms with Gasteiger partial charge in [0, 0.05) is 16.7 Å². The first-order chi connectivity index (χ1) is 7.79. The molecule has 1 aromatic carbocycles. The van der Waals surface area contributed by atoms with Crippen LogP contribution in [0.3, 0.4) is 0 Å². The number of hydrogen-bond donors (Lipinski definition) is 3. The molecule has 1 rings (SSSR count). The van der Waals surface area contributed by atoms with E-state index in [-0.39, 0.29) is 12.3 Å². The van der Waals surface area contributed by atoms with Crippen molar-refractivity contribution in [3.8, 4) is 0 Å². The standard InChI is InChI=1S/C9H12BrN3O3S/c10-6-1-2-7(8(11)5-6)9(14)13-3-4-17(12,15)16/h1-2,5H,3-4,11H2,(H,13,14)(H2,12,15,16). The maximum Gasteiger partial charge on any atom is 0.253 e. The van der Waals surface area contributed by atoms with Gasteiger partial charge < -0.3 is 11.1 Å². The smallest absolute Gasteiger partial charge is 0.253 e. The number of halogens is 1. The SMILES string of the molecule is Nc1cc(Br)ccc1C(=O)NCCS(N)(=O)=O. The molecule has 0 atom stereocenters. The van der Waals surface area contributed by atoms with Crippen LogP contribution in [0.5, 0.6) is 0 Å². The second kappa shape index (κ2) is 5.48. The Morgan fingerprint density at radius 2 is 2.06 bits per heavy atom. The van der Waals surface area contributed by atoms with E-state index in [1.807, 2.05) is 0 Å². The normalized spacial score (nSPS) is 11.2. The zero-order valence-electron chi connectivity index (χ0n) is 8.81. The second-order valence-electron chi connectivity index (χ2n) is 3.35. The fourth-order valence-corrected chi connectivity index (χ4v) is 1.91.